The first-order valence-electron chi connectivity index (χ1n) is 6.96. The Hall–Kier alpha value is -2.05. The van der Waals surface area contributed by atoms with E-state index in [1.54, 1.807) is 11.3 Å². The van der Waals surface area contributed by atoms with Gasteiger partial charge in [-0.15, -0.1) is 21.5 Å². The molecule has 0 unspecified atom stereocenters. The Morgan fingerprint density at radius 2 is 2.00 bits per heavy atom. The highest BCUT2D eigenvalue weighted by atomic mass is 32.1. The smallest absolute Gasteiger partial charge is 0.258 e. The van der Waals surface area contributed by atoms with Gasteiger partial charge in [0.05, 0.1) is 5.56 Å². The maximum absolute atomic E-state index is 12.4. The summed E-state index contributed by atoms with van der Waals surface area (Å²) in [6, 6.07) is 9.82. The third kappa shape index (κ3) is 2.93. The van der Waals surface area contributed by atoms with Crippen LogP contribution < -0.4 is 5.32 Å². The van der Waals surface area contributed by atoms with Gasteiger partial charge < -0.3 is 0 Å². The van der Waals surface area contributed by atoms with E-state index < -0.39 is 0 Å². The monoisotopic (exact) mass is 329 g/mol. The molecule has 0 aliphatic rings. The topological polar surface area (TPSA) is 54.9 Å². The van der Waals surface area contributed by atoms with Gasteiger partial charge in [-0.25, -0.2) is 0 Å². The number of nitrogens with one attached hydrogen (secondary N) is 1. The zero-order valence-corrected chi connectivity index (χ0v) is 13.9. The minimum Gasteiger partial charge on any atom is -0.296 e. The maximum Gasteiger partial charge on any atom is 0.258 e. The first-order chi connectivity index (χ1) is 10.7. The van der Waals surface area contributed by atoms with Crippen molar-refractivity contribution < 1.29 is 4.79 Å². The molecule has 22 heavy (non-hydrogen) atoms. The molecule has 0 aliphatic heterocycles. The van der Waals surface area contributed by atoms with Gasteiger partial charge in [0.2, 0.25) is 5.13 Å². The molecule has 0 atom stereocenters. The second kappa shape index (κ2) is 6.37. The van der Waals surface area contributed by atoms with Gasteiger partial charge in [0.15, 0.2) is 0 Å². The molecule has 0 saturated carbocycles. The molecule has 3 aromatic rings. The van der Waals surface area contributed by atoms with Crippen LogP contribution in [0.25, 0.3) is 10.6 Å². The molecule has 0 aliphatic carbocycles. The molecule has 4 nitrogen and oxygen atoms in total. The van der Waals surface area contributed by atoms with E-state index in [1.807, 2.05) is 42.6 Å². The van der Waals surface area contributed by atoms with E-state index >= 15 is 0 Å². The van der Waals surface area contributed by atoms with Crippen molar-refractivity contribution in [2.24, 2.45) is 0 Å². The summed E-state index contributed by atoms with van der Waals surface area (Å²) in [4.78, 5) is 13.6. The van der Waals surface area contributed by atoms with Crippen LogP contribution in [0.2, 0.25) is 0 Å². The van der Waals surface area contributed by atoms with Gasteiger partial charge in [0.1, 0.15) is 5.01 Å². The molecular weight excluding hydrogens is 314 g/mol. The lowest BCUT2D eigenvalue weighted by Crippen LogP contribution is -2.12. The number of hydrogen-bond donors (Lipinski definition) is 1. The van der Waals surface area contributed by atoms with Gasteiger partial charge >= 0.3 is 0 Å². The van der Waals surface area contributed by atoms with Crippen LogP contribution in [0.15, 0.2) is 35.7 Å². The van der Waals surface area contributed by atoms with Crippen molar-refractivity contribution in [3.05, 3.63) is 51.7 Å². The average molecular weight is 329 g/mol. The molecule has 0 bridgehead atoms. The number of aromatic nitrogens is 2. The Morgan fingerprint density at radius 1 is 1.23 bits per heavy atom. The standard InChI is InChI=1S/C16H15N3OS2/c1-3-12-10(2)21-9-13(12)14(20)17-16-19-18-15(22-16)11-7-5-4-6-8-11/h4-9H,3H2,1-2H3,(H,17,19,20). The van der Waals surface area contributed by atoms with Gasteiger partial charge in [-0.1, -0.05) is 48.6 Å². The van der Waals surface area contributed by atoms with Crippen LogP contribution in [0.4, 0.5) is 5.13 Å². The Kier molecular flexibility index (Phi) is 4.31. The molecule has 3 rings (SSSR count). The van der Waals surface area contributed by atoms with Gasteiger partial charge in [-0.05, 0) is 18.9 Å². The third-order valence-electron chi connectivity index (χ3n) is 3.37. The summed E-state index contributed by atoms with van der Waals surface area (Å²) in [5.41, 5.74) is 2.85. The SMILES string of the molecule is CCc1c(C(=O)Nc2nnc(-c3ccccc3)s2)csc1C. The summed E-state index contributed by atoms with van der Waals surface area (Å²) in [6.45, 7) is 4.10. The predicted molar refractivity (Wildman–Crippen MR) is 91.7 cm³/mol. The fourth-order valence-corrected chi connectivity index (χ4v) is 3.93. The van der Waals surface area contributed by atoms with Crippen molar-refractivity contribution in [2.45, 2.75) is 20.3 Å². The molecule has 2 heterocycles. The first kappa shape index (κ1) is 14.9. The van der Waals surface area contributed by atoms with E-state index in [-0.39, 0.29) is 5.91 Å². The molecule has 1 N–H and O–H groups in total. The molecule has 1 amide bonds. The molecule has 1 aromatic carbocycles. The Bertz CT molecular complexity index is 793. The highest BCUT2D eigenvalue weighted by Gasteiger charge is 2.16. The second-order valence-electron chi connectivity index (χ2n) is 4.77. The van der Waals surface area contributed by atoms with Crippen LogP contribution in [0, 0.1) is 6.92 Å². The number of thiophene rings is 1. The summed E-state index contributed by atoms with van der Waals surface area (Å²) in [6.07, 6.45) is 0.851. The fourth-order valence-electron chi connectivity index (χ4n) is 2.24. The Labute approximate surface area is 136 Å². The van der Waals surface area contributed by atoms with E-state index in [2.05, 4.69) is 22.4 Å². The quantitative estimate of drug-likeness (QED) is 0.772. The lowest BCUT2D eigenvalue weighted by molar-refractivity contribution is 0.102. The van der Waals surface area contributed by atoms with Gasteiger partial charge in [-0.3, -0.25) is 10.1 Å². The minimum absolute atomic E-state index is 0.114. The number of nitrogens with zero attached hydrogens (tertiary/aromatic N) is 2. The van der Waals surface area contributed by atoms with Crippen molar-refractivity contribution >= 4 is 33.7 Å². The Morgan fingerprint density at radius 3 is 2.73 bits per heavy atom. The van der Waals surface area contributed by atoms with E-state index in [1.165, 1.54) is 16.2 Å². The van der Waals surface area contributed by atoms with Gasteiger partial charge in [0, 0.05) is 15.8 Å². The lowest BCUT2D eigenvalue weighted by Gasteiger charge is -2.02. The summed E-state index contributed by atoms with van der Waals surface area (Å²) in [5.74, 6) is -0.114. The van der Waals surface area contributed by atoms with Crippen LogP contribution in [-0.2, 0) is 6.42 Å². The Balaban J connectivity index is 1.79. The molecule has 2 aromatic heterocycles. The minimum atomic E-state index is -0.114. The first-order valence-corrected chi connectivity index (χ1v) is 8.66. The number of carbonyl (C=O) groups excluding carboxylic acids is 1. The van der Waals surface area contributed by atoms with Crippen molar-refractivity contribution in [1.29, 1.82) is 0 Å². The summed E-state index contributed by atoms with van der Waals surface area (Å²) in [5, 5.41) is 14.3. The second-order valence-corrected chi connectivity index (χ2v) is 6.83. The van der Waals surface area contributed by atoms with Crippen LogP contribution >= 0.6 is 22.7 Å². The number of hydrogen-bond acceptors (Lipinski definition) is 5. The summed E-state index contributed by atoms with van der Waals surface area (Å²) < 4.78 is 0. The highest BCUT2D eigenvalue weighted by molar-refractivity contribution is 7.18. The number of benzene rings is 1. The predicted octanol–water partition coefficient (Wildman–Crippen LogP) is 4.39. The molecular formula is C16H15N3OS2. The number of rotatable bonds is 4. The van der Waals surface area contributed by atoms with Crippen LogP contribution in [0.5, 0.6) is 0 Å². The van der Waals surface area contributed by atoms with E-state index in [4.69, 9.17) is 0 Å². The summed E-state index contributed by atoms with van der Waals surface area (Å²) in [7, 11) is 0. The molecule has 0 spiro atoms. The number of aryl methyl sites for hydroxylation is 1. The zero-order chi connectivity index (χ0) is 15.5. The molecule has 6 heteroatoms. The highest BCUT2D eigenvalue weighted by Crippen LogP contribution is 2.27. The number of amides is 1. The third-order valence-corrected chi connectivity index (χ3v) is 5.21. The summed E-state index contributed by atoms with van der Waals surface area (Å²) >= 11 is 2.98. The normalized spacial score (nSPS) is 10.6. The largest absolute Gasteiger partial charge is 0.296 e. The van der Waals surface area contributed by atoms with Gasteiger partial charge in [0.25, 0.3) is 5.91 Å². The van der Waals surface area contributed by atoms with Crippen molar-refractivity contribution in [3.8, 4) is 10.6 Å². The van der Waals surface area contributed by atoms with Gasteiger partial charge in [-0.2, -0.15) is 0 Å². The van der Waals surface area contributed by atoms with E-state index in [9.17, 15) is 4.79 Å². The van der Waals surface area contributed by atoms with Crippen LogP contribution in [0.3, 0.4) is 0 Å². The van der Waals surface area contributed by atoms with Crippen molar-refractivity contribution in [3.63, 3.8) is 0 Å². The van der Waals surface area contributed by atoms with Crippen LogP contribution in [0.1, 0.15) is 27.7 Å². The molecule has 0 saturated heterocycles. The van der Waals surface area contributed by atoms with E-state index in [0.717, 1.165) is 28.1 Å². The van der Waals surface area contributed by atoms with Crippen molar-refractivity contribution in [2.75, 3.05) is 5.32 Å². The zero-order valence-electron chi connectivity index (χ0n) is 12.3. The fraction of sp³-hybridized carbons (Fsp3) is 0.188. The molecule has 112 valence electrons. The van der Waals surface area contributed by atoms with E-state index in [0.29, 0.717) is 5.13 Å². The number of carbonyl (C=O) groups is 1. The molecule has 0 fully saturated rings. The number of anilines is 1. The molecule has 0 radical (unpaired) electrons. The lowest BCUT2D eigenvalue weighted by atomic mass is 10.1. The van der Waals surface area contributed by atoms with Crippen LogP contribution in [-0.4, -0.2) is 16.1 Å². The van der Waals surface area contributed by atoms with Crippen molar-refractivity contribution in [1.82, 2.24) is 10.2 Å². The maximum atomic E-state index is 12.4. The average Bonchev–Trinajstić information content (AvgIpc) is 3.14.